The van der Waals surface area contributed by atoms with E-state index in [2.05, 4.69) is 4.72 Å². The molecule has 17 heavy (non-hydrogen) atoms. The Labute approximate surface area is 110 Å². The van der Waals surface area contributed by atoms with Gasteiger partial charge in [-0.1, -0.05) is 13.3 Å². The molecule has 0 aromatic rings. The average molecular weight is 286 g/mol. The first-order chi connectivity index (χ1) is 7.91. The minimum absolute atomic E-state index is 0.0164. The van der Waals surface area contributed by atoms with Gasteiger partial charge < -0.3 is 4.74 Å². The van der Waals surface area contributed by atoms with Gasteiger partial charge >= 0.3 is 0 Å². The molecule has 0 spiro atoms. The third kappa shape index (κ3) is 9.83. The molecule has 4 nitrogen and oxygen atoms in total. The van der Waals surface area contributed by atoms with Crippen molar-refractivity contribution in [2.75, 3.05) is 24.8 Å². The smallest absolute Gasteiger partial charge is 0.213 e. The summed E-state index contributed by atoms with van der Waals surface area (Å²) >= 11 is 5.65. The molecule has 0 rings (SSSR count). The highest BCUT2D eigenvalue weighted by atomic mass is 35.5. The fourth-order valence-electron chi connectivity index (χ4n) is 1.32. The summed E-state index contributed by atoms with van der Waals surface area (Å²) < 4.78 is 31.0. The lowest BCUT2D eigenvalue weighted by atomic mass is 10.0. The minimum Gasteiger partial charge on any atom is -0.378 e. The van der Waals surface area contributed by atoms with Gasteiger partial charge in [0.25, 0.3) is 0 Å². The fraction of sp³-hybridized carbons (Fsp3) is 1.00. The Kier molecular flexibility index (Phi) is 9.22. The summed E-state index contributed by atoms with van der Waals surface area (Å²) in [6.45, 7) is 6.50. The van der Waals surface area contributed by atoms with Gasteiger partial charge in [0.1, 0.15) is 0 Å². The summed E-state index contributed by atoms with van der Waals surface area (Å²) in [6.07, 6.45) is 1.82. The second-order valence-corrected chi connectivity index (χ2v) is 6.64. The van der Waals surface area contributed by atoms with E-state index in [0.717, 1.165) is 12.8 Å². The van der Waals surface area contributed by atoms with Gasteiger partial charge in [-0.25, -0.2) is 13.1 Å². The molecule has 0 amide bonds. The van der Waals surface area contributed by atoms with Crippen LogP contribution in [0.2, 0.25) is 0 Å². The highest BCUT2D eigenvalue weighted by molar-refractivity contribution is 7.89. The zero-order valence-corrected chi connectivity index (χ0v) is 12.5. The molecule has 6 heteroatoms. The van der Waals surface area contributed by atoms with Crippen LogP contribution < -0.4 is 4.72 Å². The van der Waals surface area contributed by atoms with Crippen molar-refractivity contribution in [1.29, 1.82) is 0 Å². The van der Waals surface area contributed by atoms with E-state index < -0.39 is 10.0 Å². The van der Waals surface area contributed by atoms with Crippen molar-refractivity contribution in [2.24, 2.45) is 5.92 Å². The number of hydrogen-bond acceptors (Lipinski definition) is 3. The fourth-order valence-corrected chi connectivity index (χ4v) is 2.57. The minimum atomic E-state index is -3.22. The molecular formula is C11H24ClNO3S. The van der Waals surface area contributed by atoms with Gasteiger partial charge in [-0.2, -0.15) is 0 Å². The topological polar surface area (TPSA) is 55.4 Å². The molecule has 0 saturated carbocycles. The normalized spacial score (nSPS) is 14.2. The number of hydrogen-bond donors (Lipinski definition) is 1. The maximum absolute atomic E-state index is 11.6. The summed E-state index contributed by atoms with van der Waals surface area (Å²) in [5.41, 5.74) is 0. The maximum atomic E-state index is 11.6. The summed E-state index contributed by atoms with van der Waals surface area (Å²) in [6, 6.07) is 0. The first kappa shape index (κ1) is 17.2. The van der Waals surface area contributed by atoms with Gasteiger partial charge in [0.15, 0.2) is 0 Å². The molecule has 0 bridgehead atoms. The molecule has 0 aliphatic carbocycles. The molecule has 0 fully saturated rings. The van der Waals surface area contributed by atoms with E-state index in [0.29, 0.717) is 18.3 Å². The number of ether oxygens (including phenoxy) is 1. The molecule has 0 aromatic carbocycles. The van der Waals surface area contributed by atoms with E-state index in [9.17, 15) is 8.42 Å². The second-order valence-electron chi connectivity index (χ2n) is 4.34. The Bertz CT molecular complexity index is 280. The predicted octanol–water partition coefficient (Wildman–Crippen LogP) is 1.99. The van der Waals surface area contributed by atoms with E-state index in [1.165, 1.54) is 0 Å². The van der Waals surface area contributed by atoms with E-state index in [1.807, 2.05) is 20.8 Å². The molecule has 1 atom stereocenters. The van der Waals surface area contributed by atoms with Crippen molar-refractivity contribution in [1.82, 2.24) is 4.72 Å². The summed E-state index contributed by atoms with van der Waals surface area (Å²) in [5.74, 6) is 0.896. The Hall–Kier alpha value is 0.160. The number of halogens is 1. The molecule has 1 N–H and O–H groups in total. The van der Waals surface area contributed by atoms with Crippen molar-refractivity contribution in [3.8, 4) is 0 Å². The molecule has 104 valence electrons. The van der Waals surface area contributed by atoms with Crippen LogP contribution in [0.3, 0.4) is 0 Å². The number of nitrogens with one attached hydrogen (secondary N) is 1. The van der Waals surface area contributed by atoms with Gasteiger partial charge in [0.2, 0.25) is 10.0 Å². The molecule has 0 aliphatic heterocycles. The lowest BCUT2D eigenvalue weighted by molar-refractivity contribution is 0.0911. The van der Waals surface area contributed by atoms with Crippen LogP contribution in [-0.4, -0.2) is 39.3 Å². The third-order valence-corrected chi connectivity index (χ3v) is 4.02. The molecule has 0 heterocycles. The third-order valence-electron chi connectivity index (χ3n) is 2.49. The van der Waals surface area contributed by atoms with E-state index in [1.54, 1.807) is 0 Å². The molecule has 0 aromatic heterocycles. The summed E-state index contributed by atoms with van der Waals surface area (Å²) in [7, 11) is -3.22. The SMILES string of the molecule is CCC(CCCl)CNS(=O)(=O)CCOC(C)C. The summed E-state index contributed by atoms with van der Waals surface area (Å²) in [4.78, 5) is 0. The van der Waals surface area contributed by atoms with Crippen LogP contribution in [0.5, 0.6) is 0 Å². The van der Waals surface area contributed by atoms with Gasteiger partial charge in [-0.3, -0.25) is 0 Å². The van der Waals surface area contributed by atoms with Gasteiger partial charge in [0.05, 0.1) is 18.5 Å². The van der Waals surface area contributed by atoms with Crippen LogP contribution in [0.15, 0.2) is 0 Å². The largest absolute Gasteiger partial charge is 0.378 e. The van der Waals surface area contributed by atoms with E-state index >= 15 is 0 Å². The zero-order valence-electron chi connectivity index (χ0n) is 10.9. The molecule has 0 saturated heterocycles. The lowest BCUT2D eigenvalue weighted by Crippen LogP contribution is -2.33. The van der Waals surface area contributed by atoms with Crippen molar-refractivity contribution < 1.29 is 13.2 Å². The Morgan fingerprint density at radius 3 is 2.47 bits per heavy atom. The van der Waals surface area contributed by atoms with Crippen LogP contribution in [0, 0.1) is 5.92 Å². The number of sulfonamides is 1. The van der Waals surface area contributed by atoms with Crippen molar-refractivity contribution >= 4 is 21.6 Å². The molecule has 0 aliphatic rings. The van der Waals surface area contributed by atoms with Crippen LogP contribution in [0.25, 0.3) is 0 Å². The second kappa shape index (κ2) is 9.14. The maximum Gasteiger partial charge on any atom is 0.213 e. The van der Waals surface area contributed by atoms with Crippen LogP contribution in [0.4, 0.5) is 0 Å². The van der Waals surface area contributed by atoms with Crippen LogP contribution in [-0.2, 0) is 14.8 Å². The average Bonchev–Trinajstić information content (AvgIpc) is 2.23. The highest BCUT2D eigenvalue weighted by Gasteiger charge is 2.13. The molecular weight excluding hydrogens is 262 g/mol. The van der Waals surface area contributed by atoms with Gasteiger partial charge in [0, 0.05) is 12.4 Å². The monoisotopic (exact) mass is 285 g/mol. The van der Waals surface area contributed by atoms with Crippen LogP contribution in [0.1, 0.15) is 33.6 Å². The van der Waals surface area contributed by atoms with Crippen molar-refractivity contribution in [3.05, 3.63) is 0 Å². The van der Waals surface area contributed by atoms with E-state index in [-0.39, 0.29) is 18.5 Å². The predicted molar refractivity (Wildman–Crippen MR) is 72.0 cm³/mol. The first-order valence-electron chi connectivity index (χ1n) is 6.06. The molecule has 0 radical (unpaired) electrons. The Balaban J connectivity index is 3.91. The molecule has 1 unspecified atom stereocenters. The number of rotatable bonds is 10. The van der Waals surface area contributed by atoms with Crippen molar-refractivity contribution in [3.63, 3.8) is 0 Å². The Morgan fingerprint density at radius 2 is 2.00 bits per heavy atom. The first-order valence-corrected chi connectivity index (χ1v) is 8.24. The Morgan fingerprint density at radius 1 is 1.35 bits per heavy atom. The lowest BCUT2D eigenvalue weighted by Gasteiger charge is -2.14. The number of alkyl halides is 1. The van der Waals surface area contributed by atoms with Crippen molar-refractivity contribution in [2.45, 2.75) is 39.7 Å². The standard InChI is InChI=1S/C11H24ClNO3S/c1-4-11(5-6-12)9-13-17(14,15)8-7-16-10(2)3/h10-11,13H,4-9H2,1-3H3. The van der Waals surface area contributed by atoms with E-state index in [4.69, 9.17) is 16.3 Å². The zero-order chi connectivity index (χ0) is 13.3. The highest BCUT2D eigenvalue weighted by Crippen LogP contribution is 2.08. The van der Waals surface area contributed by atoms with Gasteiger partial charge in [-0.15, -0.1) is 11.6 Å². The quantitative estimate of drug-likeness (QED) is 0.625. The van der Waals surface area contributed by atoms with Crippen LogP contribution >= 0.6 is 11.6 Å². The van der Waals surface area contributed by atoms with Gasteiger partial charge in [-0.05, 0) is 26.2 Å². The summed E-state index contributed by atoms with van der Waals surface area (Å²) in [5, 5.41) is 0.